The van der Waals surface area contributed by atoms with Gasteiger partial charge in [-0.25, -0.2) is 0 Å². The van der Waals surface area contributed by atoms with Gasteiger partial charge in [-0.05, 0) is 92.4 Å². The van der Waals surface area contributed by atoms with Crippen molar-refractivity contribution in [3.63, 3.8) is 0 Å². The van der Waals surface area contributed by atoms with Crippen molar-refractivity contribution in [2.75, 3.05) is 0 Å². The van der Waals surface area contributed by atoms with Gasteiger partial charge in [-0.1, -0.05) is 0 Å². The average Bonchev–Trinajstić information content (AvgIpc) is 2.46. The van der Waals surface area contributed by atoms with Gasteiger partial charge < -0.3 is 9.84 Å². The summed E-state index contributed by atoms with van der Waals surface area (Å²) in [6.07, 6.45) is 9.86. The lowest BCUT2D eigenvalue weighted by atomic mass is 9.48. The summed E-state index contributed by atoms with van der Waals surface area (Å²) in [7, 11) is 0. The number of phenolic OH excluding ortho intramolecular Hbond substituents is 1. The van der Waals surface area contributed by atoms with Crippen LogP contribution < -0.4 is 4.74 Å². The first kappa shape index (κ1) is 14.1. The van der Waals surface area contributed by atoms with Crippen LogP contribution in [0.25, 0.3) is 0 Å². The fraction of sp³-hybridized carbons (Fsp3) is 0.632. The molecule has 22 heavy (non-hydrogen) atoms. The number of rotatable bonds is 4. The fourth-order valence-electron chi connectivity index (χ4n) is 5.66. The molecule has 1 aromatic carbocycles. The summed E-state index contributed by atoms with van der Waals surface area (Å²) in [5.41, 5.74) is 0.433. The quantitative estimate of drug-likeness (QED) is 0.666. The smallest absolute Gasteiger partial charge is 0.311 e. The van der Waals surface area contributed by atoms with Crippen molar-refractivity contribution in [1.29, 1.82) is 0 Å². The summed E-state index contributed by atoms with van der Waals surface area (Å²) in [6.45, 7) is 0. The molecule has 0 spiro atoms. The zero-order valence-electron chi connectivity index (χ0n) is 13.0. The molecule has 1 N–H and O–H groups in total. The molecule has 4 fully saturated rings. The molecule has 0 saturated heterocycles. The minimum absolute atomic E-state index is 0.138. The maximum atomic E-state index is 12.1. The van der Waals surface area contributed by atoms with Crippen LogP contribution in [0.5, 0.6) is 11.5 Å². The maximum absolute atomic E-state index is 12.1. The van der Waals surface area contributed by atoms with Crippen LogP contribution in [0.1, 0.15) is 51.4 Å². The van der Waals surface area contributed by atoms with Gasteiger partial charge in [0.15, 0.2) is 0 Å². The third-order valence-electron chi connectivity index (χ3n) is 6.09. The van der Waals surface area contributed by atoms with E-state index >= 15 is 0 Å². The molecule has 0 atom stereocenters. The Bertz CT molecular complexity index is 525. The monoisotopic (exact) mass is 300 g/mol. The van der Waals surface area contributed by atoms with Crippen LogP contribution in [-0.2, 0) is 4.79 Å². The molecule has 0 radical (unpaired) electrons. The van der Waals surface area contributed by atoms with Crippen molar-refractivity contribution in [3.05, 3.63) is 24.3 Å². The molecule has 4 bridgehead atoms. The van der Waals surface area contributed by atoms with Crippen LogP contribution in [0.15, 0.2) is 24.3 Å². The Balaban J connectivity index is 1.34. The first-order chi connectivity index (χ1) is 10.6. The molecule has 4 aliphatic carbocycles. The first-order valence-corrected chi connectivity index (χ1v) is 8.60. The van der Waals surface area contributed by atoms with Crippen LogP contribution in [0.4, 0.5) is 0 Å². The van der Waals surface area contributed by atoms with Gasteiger partial charge in [0.2, 0.25) is 0 Å². The number of carbonyl (C=O) groups is 1. The number of carbonyl (C=O) groups excluding carboxylic acids is 1. The van der Waals surface area contributed by atoms with Crippen LogP contribution in [0.2, 0.25) is 0 Å². The van der Waals surface area contributed by atoms with Crippen molar-refractivity contribution in [3.8, 4) is 11.5 Å². The molecule has 3 nitrogen and oxygen atoms in total. The summed E-state index contributed by atoms with van der Waals surface area (Å²) in [4.78, 5) is 12.1. The van der Waals surface area contributed by atoms with E-state index in [1.807, 2.05) is 0 Å². The zero-order valence-corrected chi connectivity index (χ0v) is 13.0. The average molecular weight is 300 g/mol. The number of esters is 1. The molecule has 4 aliphatic rings. The standard InChI is InChI=1S/C19H24O3/c20-16-1-3-17(4-2-16)22-18(21)5-6-19-10-13-7-14(11-19)9-15(8-13)12-19/h1-4,13-15,20H,5-12H2. The normalized spacial score (nSPS) is 35.5. The van der Waals surface area contributed by atoms with Crippen molar-refractivity contribution in [1.82, 2.24) is 0 Å². The van der Waals surface area contributed by atoms with Crippen LogP contribution >= 0.6 is 0 Å². The van der Waals surface area contributed by atoms with Crippen LogP contribution in [0.3, 0.4) is 0 Å². The summed E-state index contributed by atoms with van der Waals surface area (Å²) in [5.74, 6) is 3.36. The van der Waals surface area contributed by atoms with E-state index in [1.165, 1.54) is 38.5 Å². The van der Waals surface area contributed by atoms with Gasteiger partial charge in [0.25, 0.3) is 0 Å². The molecule has 1 aromatic rings. The minimum Gasteiger partial charge on any atom is -0.508 e. The largest absolute Gasteiger partial charge is 0.508 e. The van der Waals surface area contributed by atoms with E-state index in [9.17, 15) is 9.90 Å². The van der Waals surface area contributed by atoms with Crippen LogP contribution in [0, 0.1) is 23.2 Å². The van der Waals surface area contributed by atoms with Crippen molar-refractivity contribution >= 4 is 5.97 Å². The number of aromatic hydroxyl groups is 1. The molecule has 118 valence electrons. The Morgan fingerprint density at radius 1 is 1.05 bits per heavy atom. The van der Waals surface area contributed by atoms with Crippen molar-refractivity contribution in [2.24, 2.45) is 23.2 Å². The van der Waals surface area contributed by atoms with Gasteiger partial charge in [-0.15, -0.1) is 0 Å². The second-order valence-electron chi connectivity index (χ2n) is 7.89. The molecule has 0 aliphatic heterocycles. The van der Waals surface area contributed by atoms with Gasteiger partial charge >= 0.3 is 5.97 Å². The Hall–Kier alpha value is -1.51. The Kier molecular flexibility index (Phi) is 3.39. The molecule has 3 heteroatoms. The van der Waals surface area contributed by atoms with E-state index in [1.54, 1.807) is 24.3 Å². The van der Waals surface area contributed by atoms with Gasteiger partial charge in [0.1, 0.15) is 11.5 Å². The minimum atomic E-state index is -0.138. The number of hydrogen-bond donors (Lipinski definition) is 1. The zero-order chi connectivity index (χ0) is 15.2. The maximum Gasteiger partial charge on any atom is 0.311 e. The molecular weight excluding hydrogens is 276 g/mol. The predicted octanol–water partition coefficient (Wildman–Crippen LogP) is 4.29. The SMILES string of the molecule is O=C(CCC12CC3CC(CC(C3)C1)C2)Oc1ccc(O)cc1. The summed E-state index contributed by atoms with van der Waals surface area (Å²) >= 11 is 0. The molecule has 4 saturated carbocycles. The second-order valence-corrected chi connectivity index (χ2v) is 7.89. The van der Waals surface area contributed by atoms with Gasteiger partial charge in [0.05, 0.1) is 0 Å². The number of benzene rings is 1. The Morgan fingerprint density at radius 2 is 1.59 bits per heavy atom. The lowest BCUT2D eigenvalue weighted by Gasteiger charge is -2.57. The van der Waals surface area contributed by atoms with E-state index in [0.717, 1.165) is 24.2 Å². The lowest BCUT2D eigenvalue weighted by Crippen LogP contribution is -2.46. The number of ether oxygens (including phenoxy) is 1. The molecule has 0 aromatic heterocycles. The first-order valence-electron chi connectivity index (χ1n) is 8.60. The highest BCUT2D eigenvalue weighted by atomic mass is 16.5. The third kappa shape index (κ3) is 2.73. The highest BCUT2D eigenvalue weighted by Gasteiger charge is 2.50. The van der Waals surface area contributed by atoms with Gasteiger partial charge in [0, 0.05) is 6.42 Å². The topological polar surface area (TPSA) is 46.5 Å². The van der Waals surface area contributed by atoms with Crippen LogP contribution in [-0.4, -0.2) is 11.1 Å². The second kappa shape index (κ2) is 5.29. The Labute approximate surface area is 131 Å². The highest BCUT2D eigenvalue weighted by Crippen LogP contribution is 2.61. The Morgan fingerprint density at radius 3 is 2.14 bits per heavy atom. The molecule has 0 unspecified atom stereocenters. The van der Waals surface area contributed by atoms with E-state index in [4.69, 9.17) is 4.74 Å². The van der Waals surface area contributed by atoms with Gasteiger partial charge in [-0.2, -0.15) is 0 Å². The van der Waals surface area contributed by atoms with E-state index < -0.39 is 0 Å². The number of phenols is 1. The third-order valence-corrected chi connectivity index (χ3v) is 6.09. The van der Waals surface area contributed by atoms with E-state index in [0.29, 0.717) is 17.6 Å². The molecule has 0 amide bonds. The summed E-state index contributed by atoms with van der Waals surface area (Å²) < 4.78 is 5.38. The van der Waals surface area contributed by atoms with Gasteiger partial charge in [-0.3, -0.25) is 4.79 Å². The van der Waals surface area contributed by atoms with Crippen molar-refractivity contribution in [2.45, 2.75) is 51.4 Å². The van der Waals surface area contributed by atoms with E-state index in [2.05, 4.69) is 0 Å². The molecule has 5 rings (SSSR count). The summed E-state index contributed by atoms with van der Waals surface area (Å²) in [6, 6.07) is 6.36. The van der Waals surface area contributed by atoms with E-state index in [-0.39, 0.29) is 11.7 Å². The lowest BCUT2D eigenvalue weighted by molar-refractivity contribution is -0.136. The fourth-order valence-corrected chi connectivity index (χ4v) is 5.66. The highest BCUT2D eigenvalue weighted by molar-refractivity contribution is 5.72. The number of hydrogen-bond acceptors (Lipinski definition) is 3. The van der Waals surface area contributed by atoms with Crippen molar-refractivity contribution < 1.29 is 14.6 Å². The predicted molar refractivity (Wildman–Crippen MR) is 83.6 cm³/mol. The molecule has 0 heterocycles. The summed E-state index contributed by atoms with van der Waals surface area (Å²) in [5, 5.41) is 9.25. The molecular formula is C19H24O3.